The molecule has 0 atom stereocenters. The van der Waals surface area contributed by atoms with E-state index in [2.05, 4.69) is 28.1 Å². The number of benzene rings is 2. The van der Waals surface area contributed by atoms with Crippen LogP contribution in [-0.4, -0.2) is 16.6 Å². The Morgan fingerprint density at radius 3 is 2.43 bits per heavy atom. The van der Waals surface area contributed by atoms with Crippen LogP contribution in [0.4, 0.5) is 10.5 Å². The molecule has 30 heavy (non-hydrogen) atoms. The molecule has 0 aliphatic carbocycles. The second kappa shape index (κ2) is 11.8. The summed E-state index contributed by atoms with van der Waals surface area (Å²) >= 11 is 1.25. The summed E-state index contributed by atoms with van der Waals surface area (Å²) in [7, 11) is 0. The predicted octanol–water partition coefficient (Wildman–Crippen LogP) is 4.66. The molecule has 1 aromatic heterocycles. The summed E-state index contributed by atoms with van der Waals surface area (Å²) in [5.74, 6) is 6.17. The van der Waals surface area contributed by atoms with Crippen LogP contribution in [0.25, 0.3) is 6.08 Å². The second-order valence-corrected chi connectivity index (χ2v) is 6.59. The van der Waals surface area contributed by atoms with Crippen molar-refractivity contribution in [2.75, 3.05) is 5.32 Å². The van der Waals surface area contributed by atoms with Crippen molar-refractivity contribution < 1.29 is 19.1 Å². The lowest BCUT2D eigenvalue weighted by Gasteiger charge is -2.06. The number of hydrogen-bond acceptors (Lipinski definition) is 6. The highest BCUT2D eigenvalue weighted by Crippen LogP contribution is 2.24. The SMILES string of the molecule is C=Cc1ccc(C#Cc2snc(C)c2NC(=O)OCc2ccccc2)cc1.O=C=O. The van der Waals surface area contributed by atoms with Crippen LogP contribution in [0, 0.1) is 18.8 Å². The van der Waals surface area contributed by atoms with Crippen molar-refractivity contribution in [2.24, 2.45) is 0 Å². The Kier molecular flexibility index (Phi) is 8.75. The van der Waals surface area contributed by atoms with Crippen LogP contribution in [-0.2, 0) is 20.9 Å². The van der Waals surface area contributed by atoms with Gasteiger partial charge in [0.1, 0.15) is 11.5 Å². The molecule has 150 valence electrons. The van der Waals surface area contributed by atoms with Gasteiger partial charge in [0.25, 0.3) is 0 Å². The molecule has 3 aromatic rings. The van der Waals surface area contributed by atoms with E-state index in [1.54, 1.807) is 6.08 Å². The molecule has 7 heteroatoms. The summed E-state index contributed by atoms with van der Waals surface area (Å²) in [6, 6.07) is 17.3. The smallest absolute Gasteiger partial charge is 0.412 e. The lowest BCUT2D eigenvalue weighted by atomic mass is 10.1. The number of rotatable bonds is 4. The van der Waals surface area contributed by atoms with E-state index in [1.807, 2.05) is 61.5 Å². The molecule has 0 aliphatic heterocycles. The number of ether oxygens (including phenoxy) is 1. The molecule has 0 saturated carbocycles. The Hall–Kier alpha value is -3.98. The second-order valence-electron chi connectivity index (χ2n) is 5.82. The fourth-order valence-corrected chi connectivity index (χ4v) is 3.00. The fourth-order valence-electron chi connectivity index (χ4n) is 2.29. The van der Waals surface area contributed by atoms with Crippen LogP contribution < -0.4 is 5.32 Å². The Morgan fingerprint density at radius 1 is 1.13 bits per heavy atom. The number of nitrogens with zero attached hydrogens (tertiary/aromatic N) is 1. The minimum atomic E-state index is -0.527. The molecule has 1 heterocycles. The molecular weight excluding hydrogens is 400 g/mol. The molecule has 0 aliphatic rings. The molecular formula is C23H18N2O4S. The van der Waals surface area contributed by atoms with Crippen LogP contribution in [0.2, 0.25) is 0 Å². The van der Waals surface area contributed by atoms with Crippen LogP contribution in [0.15, 0.2) is 61.2 Å². The van der Waals surface area contributed by atoms with Crippen LogP contribution in [0.1, 0.15) is 27.3 Å². The minimum Gasteiger partial charge on any atom is -0.444 e. The largest absolute Gasteiger partial charge is 0.444 e. The third kappa shape index (κ3) is 6.88. The lowest BCUT2D eigenvalue weighted by Crippen LogP contribution is -2.14. The zero-order valence-electron chi connectivity index (χ0n) is 16.2. The molecule has 6 nitrogen and oxygen atoms in total. The Labute approximate surface area is 178 Å². The summed E-state index contributed by atoms with van der Waals surface area (Å²) in [5, 5.41) is 2.75. The number of carbonyl (C=O) groups is 1. The van der Waals surface area contributed by atoms with Gasteiger partial charge < -0.3 is 4.74 Å². The van der Waals surface area contributed by atoms with Gasteiger partial charge in [-0.3, -0.25) is 5.32 Å². The maximum Gasteiger partial charge on any atom is 0.412 e. The van der Waals surface area contributed by atoms with Crippen molar-refractivity contribution in [2.45, 2.75) is 13.5 Å². The summed E-state index contributed by atoms with van der Waals surface area (Å²) in [4.78, 5) is 29.1. The lowest BCUT2D eigenvalue weighted by molar-refractivity contribution is -0.191. The van der Waals surface area contributed by atoms with Gasteiger partial charge in [-0.2, -0.15) is 14.0 Å². The molecule has 0 radical (unpaired) electrons. The molecule has 0 saturated heterocycles. The van der Waals surface area contributed by atoms with Gasteiger partial charge in [0.05, 0.1) is 11.4 Å². The topological polar surface area (TPSA) is 85.4 Å². The molecule has 1 amide bonds. The van der Waals surface area contributed by atoms with E-state index in [0.29, 0.717) is 16.3 Å². The van der Waals surface area contributed by atoms with Crippen molar-refractivity contribution >= 4 is 35.5 Å². The normalized spacial score (nSPS) is 9.10. The number of carbonyl (C=O) groups excluding carboxylic acids is 3. The first-order chi connectivity index (χ1) is 14.6. The van der Waals surface area contributed by atoms with Crippen molar-refractivity contribution in [3.8, 4) is 11.8 Å². The summed E-state index contributed by atoms with van der Waals surface area (Å²) < 4.78 is 9.55. The van der Waals surface area contributed by atoms with Gasteiger partial charge in [-0.25, -0.2) is 4.79 Å². The molecule has 0 fully saturated rings. The molecule has 0 unspecified atom stereocenters. The first kappa shape index (κ1) is 22.3. The Morgan fingerprint density at radius 2 is 1.80 bits per heavy atom. The number of anilines is 1. The summed E-state index contributed by atoms with van der Waals surface area (Å²) in [5.41, 5.74) is 4.15. The van der Waals surface area contributed by atoms with Gasteiger partial charge >= 0.3 is 12.2 Å². The summed E-state index contributed by atoms with van der Waals surface area (Å²) in [6.45, 7) is 5.77. The van der Waals surface area contributed by atoms with Crippen molar-refractivity contribution in [1.82, 2.24) is 4.37 Å². The average Bonchev–Trinajstić information content (AvgIpc) is 3.11. The van der Waals surface area contributed by atoms with Crippen molar-refractivity contribution in [3.63, 3.8) is 0 Å². The number of aromatic nitrogens is 1. The third-order valence-electron chi connectivity index (χ3n) is 3.77. The maximum atomic E-state index is 12.1. The van der Waals surface area contributed by atoms with Gasteiger partial charge in [0.15, 0.2) is 0 Å². The minimum absolute atomic E-state index is 0.208. The van der Waals surface area contributed by atoms with Gasteiger partial charge in [-0.1, -0.05) is 61.0 Å². The van der Waals surface area contributed by atoms with Gasteiger partial charge in [0, 0.05) is 5.56 Å². The zero-order valence-corrected chi connectivity index (χ0v) is 17.0. The third-order valence-corrected chi connectivity index (χ3v) is 4.62. The number of nitrogens with one attached hydrogen (secondary N) is 1. The van der Waals surface area contributed by atoms with Gasteiger partial charge in [-0.05, 0) is 47.6 Å². The van der Waals surface area contributed by atoms with Crippen LogP contribution in [0.5, 0.6) is 0 Å². The standard InChI is InChI=1S/C22H18N2O2S.CO2/c1-3-17-9-11-18(12-10-17)13-14-20-21(16(2)24-27-20)23-22(25)26-15-19-7-5-4-6-8-19;2-1-3/h3-12H,1,15H2,2H3,(H,23,25);. The van der Waals surface area contributed by atoms with Crippen LogP contribution >= 0.6 is 11.5 Å². The highest BCUT2D eigenvalue weighted by molar-refractivity contribution is 7.07. The Bertz CT molecular complexity index is 1090. The predicted molar refractivity (Wildman–Crippen MR) is 115 cm³/mol. The highest BCUT2D eigenvalue weighted by atomic mass is 32.1. The van der Waals surface area contributed by atoms with Gasteiger partial charge in [0.2, 0.25) is 0 Å². The van der Waals surface area contributed by atoms with Crippen molar-refractivity contribution in [3.05, 3.63) is 88.4 Å². The Balaban J connectivity index is 0.00000101. The molecule has 3 rings (SSSR count). The fraction of sp³-hybridized carbons (Fsp3) is 0.0870. The quantitative estimate of drug-likeness (QED) is 0.623. The van der Waals surface area contributed by atoms with E-state index in [1.165, 1.54) is 11.5 Å². The summed E-state index contributed by atoms with van der Waals surface area (Å²) in [6.07, 6.45) is 1.51. The van der Waals surface area contributed by atoms with E-state index in [0.717, 1.165) is 16.7 Å². The van der Waals surface area contributed by atoms with E-state index in [4.69, 9.17) is 14.3 Å². The van der Waals surface area contributed by atoms with Crippen LogP contribution in [0.3, 0.4) is 0 Å². The first-order valence-electron chi connectivity index (χ1n) is 8.75. The highest BCUT2D eigenvalue weighted by Gasteiger charge is 2.13. The molecule has 1 N–H and O–H groups in total. The first-order valence-corrected chi connectivity index (χ1v) is 9.52. The molecule has 0 spiro atoms. The average molecular weight is 418 g/mol. The maximum absolute atomic E-state index is 12.1. The molecule has 2 aromatic carbocycles. The van der Waals surface area contributed by atoms with E-state index >= 15 is 0 Å². The van der Waals surface area contributed by atoms with E-state index < -0.39 is 6.09 Å². The number of amides is 1. The molecule has 0 bridgehead atoms. The van der Waals surface area contributed by atoms with Crippen molar-refractivity contribution in [1.29, 1.82) is 0 Å². The zero-order chi connectivity index (χ0) is 21.8. The van der Waals surface area contributed by atoms with E-state index in [9.17, 15) is 4.79 Å². The number of hydrogen-bond donors (Lipinski definition) is 1. The van der Waals surface area contributed by atoms with Gasteiger partial charge in [-0.15, -0.1) is 0 Å². The number of aryl methyl sites for hydroxylation is 1. The van der Waals surface area contributed by atoms with E-state index in [-0.39, 0.29) is 12.8 Å². The monoisotopic (exact) mass is 418 g/mol.